The highest BCUT2D eigenvalue weighted by atomic mass is 32.2. The maximum Gasteiger partial charge on any atom is 0.0713 e. The molecule has 0 bridgehead atoms. The number of nitrogens with zero attached hydrogens (tertiary/aromatic N) is 1. The van der Waals surface area contributed by atoms with Gasteiger partial charge in [0, 0.05) is 25.7 Å². The minimum absolute atomic E-state index is 0.219. The fourth-order valence-corrected chi connectivity index (χ4v) is 4.50. The average Bonchev–Trinajstić information content (AvgIpc) is 2.45. The molecule has 2 rings (SSSR count). The quantitative estimate of drug-likeness (QED) is 0.810. The van der Waals surface area contributed by atoms with Crippen molar-refractivity contribution in [2.24, 2.45) is 0 Å². The SMILES string of the molecule is CCN(CC)CCNC1CCOC2(CCSCC2)C1. The van der Waals surface area contributed by atoms with Crippen LogP contribution in [-0.2, 0) is 4.74 Å². The maximum absolute atomic E-state index is 6.14. The zero-order chi connectivity index (χ0) is 13.6. The van der Waals surface area contributed by atoms with Gasteiger partial charge in [-0.05, 0) is 50.3 Å². The van der Waals surface area contributed by atoms with Gasteiger partial charge in [-0.1, -0.05) is 13.8 Å². The summed E-state index contributed by atoms with van der Waals surface area (Å²) in [4.78, 5) is 2.49. The van der Waals surface area contributed by atoms with Crippen LogP contribution in [0.2, 0.25) is 0 Å². The standard InChI is InChI=1S/C15H30N2OS/c1-3-17(4-2)9-8-16-14-5-10-18-15(13-14)6-11-19-12-7-15/h14,16H,3-13H2,1-2H3. The highest BCUT2D eigenvalue weighted by Gasteiger charge is 2.38. The van der Waals surface area contributed by atoms with E-state index in [1.54, 1.807) is 0 Å². The van der Waals surface area contributed by atoms with Gasteiger partial charge in [-0.3, -0.25) is 0 Å². The van der Waals surface area contributed by atoms with Gasteiger partial charge in [0.15, 0.2) is 0 Å². The van der Waals surface area contributed by atoms with Gasteiger partial charge < -0.3 is 15.0 Å². The van der Waals surface area contributed by atoms with Crippen molar-refractivity contribution in [3.8, 4) is 0 Å². The molecule has 0 aromatic carbocycles. The van der Waals surface area contributed by atoms with Crippen molar-refractivity contribution in [1.29, 1.82) is 0 Å². The van der Waals surface area contributed by atoms with Crippen molar-refractivity contribution in [3.63, 3.8) is 0 Å². The van der Waals surface area contributed by atoms with Gasteiger partial charge in [0.2, 0.25) is 0 Å². The summed E-state index contributed by atoms with van der Waals surface area (Å²) in [7, 11) is 0. The molecule has 1 spiro atoms. The van der Waals surface area contributed by atoms with Crippen molar-refractivity contribution < 1.29 is 4.74 Å². The Morgan fingerprint density at radius 2 is 2.00 bits per heavy atom. The van der Waals surface area contributed by atoms with Crippen LogP contribution in [-0.4, -0.2) is 60.8 Å². The smallest absolute Gasteiger partial charge is 0.0713 e. The minimum atomic E-state index is 0.219. The Bertz CT molecular complexity index is 247. The van der Waals surface area contributed by atoms with E-state index in [2.05, 4.69) is 35.8 Å². The summed E-state index contributed by atoms with van der Waals surface area (Å²) in [5, 5.41) is 3.76. The van der Waals surface area contributed by atoms with Gasteiger partial charge in [-0.2, -0.15) is 11.8 Å². The summed E-state index contributed by atoms with van der Waals surface area (Å²) in [6.07, 6.45) is 4.93. The molecule has 1 atom stereocenters. The molecule has 4 heteroatoms. The Hall–Kier alpha value is 0.230. The van der Waals surface area contributed by atoms with Crippen LogP contribution in [0, 0.1) is 0 Å². The lowest BCUT2D eigenvalue weighted by atomic mass is 9.85. The minimum Gasteiger partial charge on any atom is -0.375 e. The molecular formula is C15H30N2OS. The monoisotopic (exact) mass is 286 g/mol. The van der Waals surface area contributed by atoms with Crippen LogP contribution in [0.25, 0.3) is 0 Å². The molecule has 2 aliphatic heterocycles. The number of nitrogens with one attached hydrogen (secondary N) is 1. The first-order chi connectivity index (χ1) is 9.28. The van der Waals surface area contributed by atoms with Gasteiger partial charge in [-0.25, -0.2) is 0 Å². The zero-order valence-corrected chi connectivity index (χ0v) is 13.4. The van der Waals surface area contributed by atoms with Gasteiger partial charge in [0.1, 0.15) is 0 Å². The fraction of sp³-hybridized carbons (Fsp3) is 1.00. The first-order valence-electron chi connectivity index (χ1n) is 7.95. The third-order valence-corrected chi connectivity index (χ3v) is 5.64. The molecule has 2 aliphatic rings. The van der Waals surface area contributed by atoms with E-state index in [4.69, 9.17) is 4.74 Å². The van der Waals surface area contributed by atoms with Gasteiger partial charge in [0.05, 0.1) is 5.60 Å². The van der Waals surface area contributed by atoms with Gasteiger partial charge >= 0.3 is 0 Å². The normalized spacial score (nSPS) is 27.0. The second kappa shape index (κ2) is 7.87. The molecule has 0 saturated carbocycles. The lowest BCUT2D eigenvalue weighted by Crippen LogP contribution is -2.50. The van der Waals surface area contributed by atoms with Crippen LogP contribution in [0.4, 0.5) is 0 Å². The molecule has 0 amide bonds. The Kier molecular flexibility index (Phi) is 6.46. The summed E-state index contributed by atoms with van der Waals surface area (Å²) in [6.45, 7) is 10.1. The largest absolute Gasteiger partial charge is 0.375 e. The van der Waals surface area contributed by atoms with E-state index in [0.29, 0.717) is 6.04 Å². The lowest BCUT2D eigenvalue weighted by Gasteiger charge is -2.43. The van der Waals surface area contributed by atoms with E-state index in [1.165, 1.54) is 43.7 Å². The molecule has 0 radical (unpaired) electrons. The molecular weight excluding hydrogens is 256 g/mol. The predicted molar refractivity (Wildman–Crippen MR) is 84.1 cm³/mol. The number of hydrogen-bond acceptors (Lipinski definition) is 4. The van der Waals surface area contributed by atoms with Crippen LogP contribution in [0.3, 0.4) is 0 Å². The summed E-state index contributed by atoms with van der Waals surface area (Å²) >= 11 is 2.08. The number of hydrogen-bond donors (Lipinski definition) is 1. The molecule has 2 fully saturated rings. The van der Waals surface area contributed by atoms with Gasteiger partial charge in [-0.15, -0.1) is 0 Å². The topological polar surface area (TPSA) is 24.5 Å². The molecule has 3 nitrogen and oxygen atoms in total. The number of rotatable bonds is 6. The van der Waals surface area contributed by atoms with E-state index in [0.717, 1.165) is 26.2 Å². The van der Waals surface area contributed by atoms with Gasteiger partial charge in [0.25, 0.3) is 0 Å². The van der Waals surface area contributed by atoms with Crippen molar-refractivity contribution in [1.82, 2.24) is 10.2 Å². The Balaban J connectivity index is 1.72. The molecule has 19 heavy (non-hydrogen) atoms. The second-order valence-corrected chi connectivity index (χ2v) is 7.04. The summed E-state index contributed by atoms with van der Waals surface area (Å²) in [5.74, 6) is 2.57. The molecule has 112 valence electrons. The molecule has 2 saturated heterocycles. The molecule has 1 N–H and O–H groups in total. The van der Waals surface area contributed by atoms with Crippen molar-refractivity contribution in [2.75, 3.05) is 44.3 Å². The predicted octanol–water partition coefficient (Wildman–Crippen LogP) is 2.36. The Morgan fingerprint density at radius 1 is 1.26 bits per heavy atom. The summed E-state index contributed by atoms with van der Waals surface area (Å²) in [6, 6.07) is 0.674. The molecule has 0 aliphatic carbocycles. The Morgan fingerprint density at radius 3 is 2.68 bits per heavy atom. The highest BCUT2D eigenvalue weighted by Crippen LogP contribution is 2.37. The molecule has 0 aromatic heterocycles. The van der Waals surface area contributed by atoms with Crippen LogP contribution < -0.4 is 5.32 Å². The highest BCUT2D eigenvalue weighted by molar-refractivity contribution is 7.99. The second-order valence-electron chi connectivity index (χ2n) is 5.81. The van der Waals surface area contributed by atoms with Crippen molar-refractivity contribution in [2.45, 2.75) is 51.2 Å². The van der Waals surface area contributed by atoms with Crippen molar-refractivity contribution in [3.05, 3.63) is 0 Å². The summed E-state index contributed by atoms with van der Waals surface area (Å²) < 4.78 is 6.14. The first-order valence-corrected chi connectivity index (χ1v) is 9.11. The molecule has 0 aromatic rings. The fourth-order valence-electron chi connectivity index (χ4n) is 3.26. The Labute approximate surface area is 122 Å². The van der Waals surface area contributed by atoms with Crippen LogP contribution in [0.1, 0.15) is 39.5 Å². The number of thioether (sulfide) groups is 1. The van der Waals surface area contributed by atoms with E-state index in [1.807, 2.05) is 0 Å². The van der Waals surface area contributed by atoms with E-state index < -0.39 is 0 Å². The molecule has 2 heterocycles. The number of likely N-dealkylation sites (N-methyl/N-ethyl adjacent to an activating group) is 1. The molecule has 1 unspecified atom stereocenters. The van der Waals surface area contributed by atoms with E-state index in [-0.39, 0.29) is 5.60 Å². The van der Waals surface area contributed by atoms with Crippen LogP contribution >= 0.6 is 11.8 Å². The third kappa shape index (κ3) is 4.62. The zero-order valence-electron chi connectivity index (χ0n) is 12.6. The lowest BCUT2D eigenvalue weighted by molar-refractivity contribution is -0.0931. The van der Waals surface area contributed by atoms with E-state index in [9.17, 15) is 0 Å². The summed E-state index contributed by atoms with van der Waals surface area (Å²) in [5.41, 5.74) is 0.219. The third-order valence-electron chi connectivity index (χ3n) is 4.65. The van der Waals surface area contributed by atoms with Crippen LogP contribution in [0.5, 0.6) is 0 Å². The maximum atomic E-state index is 6.14. The van der Waals surface area contributed by atoms with E-state index >= 15 is 0 Å². The number of ether oxygens (including phenoxy) is 1. The average molecular weight is 286 g/mol. The van der Waals surface area contributed by atoms with Crippen molar-refractivity contribution >= 4 is 11.8 Å². The first kappa shape index (κ1) is 15.6. The van der Waals surface area contributed by atoms with Crippen LogP contribution in [0.15, 0.2) is 0 Å².